The van der Waals surface area contributed by atoms with Crippen LogP contribution < -0.4 is 11.1 Å². The zero-order valence-electron chi connectivity index (χ0n) is 13.2. The zero-order valence-corrected chi connectivity index (χ0v) is 16.4. The number of nitrogen functional groups attached to an aromatic ring is 1. The van der Waals surface area contributed by atoms with Crippen molar-refractivity contribution < 1.29 is 9.59 Å². The summed E-state index contributed by atoms with van der Waals surface area (Å²) in [5, 5.41) is 2.80. The smallest absolute Gasteiger partial charge is 0.256 e. The van der Waals surface area contributed by atoms with E-state index < -0.39 is 0 Å². The van der Waals surface area contributed by atoms with Crippen LogP contribution >= 0.6 is 31.9 Å². The van der Waals surface area contributed by atoms with Crippen LogP contribution in [0.2, 0.25) is 0 Å². The number of aromatic nitrogens is 1. The minimum absolute atomic E-state index is 0.102. The molecule has 3 N–H and O–H groups in total. The first-order chi connectivity index (χ1) is 12.5. The standard InChI is InChI=1S/C19H11Br2N3O2/c20-9-1-2-11-12(5-9)18(25)13-6-10(21)7-14(17(11)13)19(26)24-16-3-4-23-8-15(16)22/h1-8H,22H2,(H,23,24,26). The minimum atomic E-state index is -0.344. The van der Waals surface area contributed by atoms with Gasteiger partial charge in [0.1, 0.15) is 0 Å². The largest absolute Gasteiger partial charge is 0.396 e. The van der Waals surface area contributed by atoms with Crippen molar-refractivity contribution in [2.24, 2.45) is 0 Å². The van der Waals surface area contributed by atoms with E-state index in [2.05, 4.69) is 42.2 Å². The van der Waals surface area contributed by atoms with Crippen molar-refractivity contribution >= 4 is 54.9 Å². The molecule has 26 heavy (non-hydrogen) atoms. The summed E-state index contributed by atoms with van der Waals surface area (Å²) in [6.45, 7) is 0. The summed E-state index contributed by atoms with van der Waals surface area (Å²) in [7, 11) is 0. The van der Waals surface area contributed by atoms with Gasteiger partial charge in [0.05, 0.1) is 17.6 Å². The number of hydrogen-bond donors (Lipinski definition) is 2. The van der Waals surface area contributed by atoms with Crippen molar-refractivity contribution in [1.82, 2.24) is 4.98 Å². The van der Waals surface area contributed by atoms with Gasteiger partial charge < -0.3 is 11.1 Å². The third-order valence-corrected chi connectivity index (χ3v) is 5.14. The Hall–Kier alpha value is -2.51. The third kappa shape index (κ3) is 2.73. The van der Waals surface area contributed by atoms with Gasteiger partial charge in [0.15, 0.2) is 5.78 Å². The molecule has 0 spiro atoms. The summed E-state index contributed by atoms with van der Waals surface area (Å²) in [6, 6.07) is 10.5. The van der Waals surface area contributed by atoms with Crippen molar-refractivity contribution in [1.29, 1.82) is 0 Å². The lowest BCUT2D eigenvalue weighted by Gasteiger charge is -2.12. The van der Waals surface area contributed by atoms with Gasteiger partial charge in [-0.2, -0.15) is 0 Å². The number of fused-ring (bicyclic) bond motifs is 3. The van der Waals surface area contributed by atoms with Gasteiger partial charge in [0.25, 0.3) is 5.91 Å². The molecule has 1 heterocycles. The van der Waals surface area contributed by atoms with Crippen molar-refractivity contribution in [2.45, 2.75) is 0 Å². The number of nitrogens with one attached hydrogen (secondary N) is 1. The van der Waals surface area contributed by atoms with E-state index in [0.717, 1.165) is 10.0 Å². The lowest BCUT2D eigenvalue weighted by molar-refractivity contribution is 0.102. The number of ketones is 1. The second-order valence-corrected chi connectivity index (χ2v) is 7.64. The van der Waals surface area contributed by atoms with E-state index in [-0.39, 0.29) is 11.7 Å². The molecular formula is C19H11Br2N3O2. The van der Waals surface area contributed by atoms with Crippen LogP contribution in [-0.4, -0.2) is 16.7 Å². The number of benzene rings is 2. The fourth-order valence-corrected chi connectivity index (χ4v) is 3.85. The Morgan fingerprint density at radius 3 is 2.54 bits per heavy atom. The van der Waals surface area contributed by atoms with Gasteiger partial charge in [-0.3, -0.25) is 14.6 Å². The molecule has 0 fully saturated rings. The Balaban J connectivity index is 1.86. The van der Waals surface area contributed by atoms with E-state index >= 15 is 0 Å². The van der Waals surface area contributed by atoms with Crippen LogP contribution in [0.25, 0.3) is 11.1 Å². The lowest BCUT2D eigenvalue weighted by Crippen LogP contribution is -2.15. The molecule has 4 rings (SSSR count). The number of anilines is 2. The molecule has 2 aromatic carbocycles. The zero-order chi connectivity index (χ0) is 18.4. The SMILES string of the molecule is Nc1cnccc1NC(=O)c1cc(Br)cc2c1-c1ccc(Br)cc1C2=O. The van der Waals surface area contributed by atoms with E-state index in [0.29, 0.717) is 38.1 Å². The first-order valence-electron chi connectivity index (χ1n) is 7.64. The first kappa shape index (κ1) is 16.9. The molecule has 7 heteroatoms. The maximum Gasteiger partial charge on any atom is 0.256 e. The Kier molecular flexibility index (Phi) is 4.13. The molecule has 0 saturated heterocycles. The molecule has 3 aromatic rings. The highest BCUT2D eigenvalue weighted by Gasteiger charge is 2.31. The highest BCUT2D eigenvalue weighted by atomic mass is 79.9. The third-order valence-electron chi connectivity index (χ3n) is 4.19. The molecule has 0 radical (unpaired) electrons. The van der Waals surface area contributed by atoms with Gasteiger partial charge in [-0.1, -0.05) is 37.9 Å². The lowest BCUT2D eigenvalue weighted by atomic mass is 9.99. The van der Waals surface area contributed by atoms with E-state index in [4.69, 9.17) is 5.73 Å². The topological polar surface area (TPSA) is 85.1 Å². The molecule has 0 bridgehead atoms. The minimum Gasteiger partial charge on any atom is -0.396 e. The average Bonchev–Trinajstić information content (AvgIpc) is 2.88. The monoisotopic (exact) mass is 471 g/mol. The Labute approximate surface area is 165 Å². The number of halogens is 2. The van der Waals surface area contributed by atoms with Gasteiger partial charge in [0.2, 0.25) is 0 Å². The highest BCUT2D eigenvalue weighted by Crippen LogP contribution is 2.41. The van der Waals surface area contributed by atoms with Crippen LogP contribution in [0.4, 0.5) is 11.4 Å². The molecule has 0 saturated carbocycles. The molecule has 1 aromatic heterocycles. The van der Waals surface area contributed by atoms with Crippen LogP contribution in [0.5, 0.6) is 0 Å². The molecule has 1 aliphatic carbocycles. The second kappa shape index (κ2) is 6.34. The van der Waals surface area contributed by atoms with Gasteiger partial charge in [-0.15, -0.1) is 0 Å². The van der Waals surface area contributed by atoms with E-state index in [1.807, 2.05) is 12.1 Å². The number of nitrogens with zero attached hydrogens (tertiary/aromatic N) is 1. The predicted octanol–water partition coefficient (Wildman–Crippen LogP) is 4.65. The molecule has 0 unspecified atom stereocenters. The number of nitrogens with two attached hydrogens (primary N) is 1. The first-order valence-corrected chi connectivity index (χ1v) is 9.23. The number of pyridine rings is 1. The summed E-state index contributed by atoms with van der Waals surface area (Å²) in [6.07, 6.45) is 3.02. The number of carbonyl (C=O) groups is 2. The Morgan fingerprint density at radius 1 is 1.00 bits per heavy atom. The molecular weight excluding hydrogens is 462 g/mol. The summed E-state index contributed by atoms with van der Waals surface area (Å²) in [4.78, 5) is 29.6. The van der Waals surface area contributed by atoms with Crippen molar-refractivity contribution in [3.63, 3.8) is 0 Å². The van der Waals surface area contributed by atoms with Crippen molar-refractivity contribution in [3.05, 3.63) is 74.4 Å². The second-order valence-electron chi connectivity index (χ2n) is 5.81. The Morgan fingerprint density at radius 2 is 1.77 bits per heavy atom. The van der Waals surface area contributed by atoms with Crippen molar-refractivity contribution in [3.8, 4) is 11.1 Å². The number of hydrogen-bond acceptors (Lipinski definition) is 4. The molecule has 128 valence electrons. The quantitative estimate of drug-likeness (QED) is 0.444. The molecule has 5 nitrogen and oxygen atoms in total. The van der Waals surface area contributed by atoms with Crippen LogP contribution in [0.15, 0.2) is 57.7 Å². The highest BCUT2D eigenvalue weighted by molar-refractivity contribution is 9.10. The number of amides is 1. The van der Waals surface area contributed by atoms with Crippen LogP contribution in [0.1, 0.15) is 26.3 Å². The van der Waals surface area contributed by atoms with Crippen LogP contribution in [0, 0.1) is 0 Å². The number of carbonyl (C=O) groups excluding carboxylic acids is 2. The maximum absolute atomic E-state index is 12.9. The van der Waals surface area contributed by atoms with E-state index in [1.54, 1.807) is 30.5 Å². The predicted molar refractivity (Wildman–Crippen MR) is 107 cm³/mol. The summed E-state index contributed by atoms with van der Waals surface area (Å²) >= 11 is 6.79. The molecule has 1 amide bonds. The van der Waals surface area contributed by atoms with E-state index in [9.17, 15) is 9.59 Å². The fourth-order valence-electron chi connectivity index (χ4n) is 3.03. The van der Waals surface area contributed by atoms with E-state index in [1.165, 1.54) is 6.20 Å². The van der Waals surface area contributed by atoms with Gasteiger partial charge in [-0.05, 0) is 35.9 Å². The number of rotatable bonds is 2. The van der Waals surface area contributed by atoms with Crippen LogP contribution in [-0.2, 0) is 0 Å². The van der Waals surface area contributed by atoms with Gasteiger partial charge in [0, 0.05) is 37.4 Å². The van der Waals surface area contributed by atoms with Crippen LogP contribution in [0.3, 0.4) is 0 Å². The molecule has 0 aliphatic heterocycles. The Bertz CT molecular complexity index is 1100. The summed E-state index contributed by atoms with van der Waals surface area (Å²) < 4.78 is 1.47. The van der Waals surface area contributed by atoms with Gasteiger partial charge >= 0.3 is 0 Å². The van der Waals surface area contributed by atoms with Gasteiger partial charge in [-0.25, -0.2) is 0 Å². The fraction of sp³-hybridized carbons (Fsp3) is 0. The summed E-state index contributed by atoms with van der Waals surface area (Å²) in [5.41, 5.74) is 9.55. The normalized spacial score (nSPS) is 11.8. The van der Waals surface area contributed by atoms with Crippen molar-refractivity contribution in [2.75, 3.05) is 11.1 Å². The summed E-state index contributed by atoms with van der Waals surface area (Å²) in [5.74, 6) is -0.445. The maximum atomic E-state index is 12.9. The molecule has 0 atom stereocenters. The average molecular weight is 473 g/mol. The molecule has 1 aliphatic rings.